The van der Waals surface area contributed by atoms with Crippen LogP contribution in [0.5, 0.6) is 23.0 Å². The number of halogens is 2. The first-order valence-electron chi connectivity index (χ1n) is 39.2. The second-order valence-corrected chi connectivity index (χ2v) is 38.6. The van der Waals surface area contributed by atoms with Crippen LogP contribution in [0.2, 0.25) is 0 Å². The quantitative estimate of drug-likeness (QED) is 0.0374. The number of carbonyl (C=O) groups is 2. The fourth-order valence-corrected chi connectivity index (χ4v) is 14.2. The molecule has 4 aliphatic carbocycles. The molecular weight excluding hydrogens is 1800 g/mol. The first-order valence-corrected chi connectivity index (χ1v) is 47.4. The fourth-order valence-electron chi connectivity index (χ4n) is 13.2. The Morgan fingerprint density at radius 2 is 0.654 bits per heavy atom. The number of carbonyl (C=O) groups excluding carboxylic acids is 2. The Kier molecular flexibility index (Phi) is 32.1. The predicted molar refractivity (Wildman–Crippen MR) is 488 cm³/mol. The van der Waals surface area contributed by atoms with Crippen LogP contribution in [0.4, 0.5) is 22.7 Å². The van der Waals surface area contributed by atoms with Gasteiger partial charge in [0.25, 0.3) is 32.8 Å². The van der Waals surface area contributed by atoms with Gasteiger partial charge in [0.2, 0.25) is 55.1 Å². The van der Waals surface area contributed by atoms with Gasteiger partial charge in [-0.05, 0) is 188 Å². The number of benzene rings is 8. The first-order chi connectivity index (χ1) is 61.1. The van der Waals surface area contributed by atoms with Crippen molar-refractivity contribution < 1.29 is 88.7 Å². The highest BCUT2D eigenvalue weighted by atomic mass is 35.7. The van der Waals surface area contributed by atoms with Gasteiger partial charge in [0.1, 0.15) is 34.5 Å². The highest BCUT2D eigenvalue weighted by Gasteiger charge is 2.31. The number of Topliss-reactive ketones (excluding diaryl/α,β-unsaturated/α-hetero) is 2. The minimum Gasteiger partial charge on any atom is -0.502 e. The van der Waals surface area contributed by atoms with Crippen LogP contribution >= 0.6 is 21.4 Å². The van der Waals surface area contributed by atoms with Gasteiger partial charge < -0.3 is 45.4 Å². The summed E-state index contributed by atoms with van der Waals surface area (Å²) in [5.41, 5.74) is 13.6. The summed E-state index contributed by atoms with van der Waals surface area (Å²) in [5.74, 6) is 5.74. The summed E-state index contributed by atoms with van der Waals surface area (Å²) in [4.78, 5) is 56.0. The van der Waals surface area contributed by atoms with E-state index >= 15 is 0 Å². The molecule has 1 N–H and O–H groups in total. The average Bonchev–Trinajstić information content (AvgIpc) is 1.65. The maximum atomic E-state index is 12.1. The Bertz CT molecular complexity index is 6830. The average molecular weight is 1880 g/mol. The zero-order valence-corrected chi connectivity index (χ0v) is 76.2. The van der Waals surface area contributed by atoms with E-state index in [1.807, 2.05) is 109 Å². The molecule has 674 valence electrons. The third-order valence-corrected chi connectivity index (χ3v) is 21.3. The number of nitrogens with zero attached hydrogens (tertiary/aromatic N) is 13. The van der Waals surface area contributed by atoms with E-state index in [-0.39, 0.29) is 60.9 Å². The molecule has 0 spiro atoms. The normalized spacial score (nSPS) is 12.7. The summed E-state index contributed by atoms with van der Waals surface area (Å²) in [6.07, 6.45) is 8.60. The molecule has 0 amide bonds. The maximum Gasteiger partial charge on any atom is 0.384 e. The van der Waals surface area contributed by atoms with Gasteiger partial charge in [-0.2, -0.15) is 49.5 Å². The molecule has 0 bridgehead atoms. The summed E-state index contributed by atoms with van der Waals surface area (Å²) in [6.45, 7) is 44.8. The van der Waals surface area contributed by atoms with Crippen molar-refractivity contribution in [2.45, 2.75) is 126 Å². The number of hydrogen-bond acceptors (Lipinski definition) is 28. The van der Waals surface area contributed by atoms with Crippen LogP contribution in [-0.4, -0.2) is 148 Å². The minimum absolute atomic E-state index is 0. The van der Waals surface area contributed by atoms with E-state index in [1.165, 1.54) is 21.1 Å². The van der Waals surface area contributed by atoms with Crippen molar-refractivity contribution in [1.29, 1.82) is 0 Å². The maximum absolute atomic E-state index is 12.1. The van der Waals surface area contributed by atoms with Crippen molar-refractivity contribution >= 4 is 106 Å². The topological polar surface area (TPSA) is 414 Å². The van der Waals surface area contributed by atoms with Crippen molar-refractivity contribution in [3.05, 3.63) is 248 Å². The van der Waals surface area contributed by atoms with Crippen molar-refractivity contribution in [1.82, 2.24) is 49.6 Å². The van der Waals surface area contributed by atoms with Crippen LogP contribution in [-0.2, 0) is 72.8 Å². The number of allylic oxidation sites excluding steroid dienone is 2. The summed E-state index contributed by atoms with van der Waals surface area (Å²) < 4.78 is 143. The molecule has 0 fully saturated rings. The van der Waals surface area contributed by atoms with Gasteiger partial charge in [0, 0.05) is 122 Å². The second-order valence-electron chi connectivity index (χ2n) is 29.7. The molecule has 130 heavy (non-hydrogen) atoms. The monoisotopic (exact) mass is 1880 g/mol. The molecule has 8 aromatic carbocycles. The number of hydrogen-bond donors (Lipinski definition) is 1. The van der Waals surface area contributed by atoms with Gasteiger partial charge in [-0.1, -0.05) is 101 Å². The van der Waals surface area contributed by atoms with Crippen LogP contribution in [0.3, 0.4) is 0 Å². The van der Waals surface area contributed by atoms with Crippen molar-refractivity contribution in [3.8, 4) is 114 Å². The van der Waals surface area contributed by atoms with Gasteiger partial charge in [0.05, 0.1) is 63.2 Å². The molecular formula is C90H86Cl2N14O20S4. The zero-order chi connectivity index (χ0) is 93.6. The van der Waals surface area contributed by atoms with Crippen molar-refractivity contribution in [2.75, 3.05) is 33.7 Å². The molecule has 0 aliphatic heterocycles. The van der Waals surface area contributed by atoms with Gasteiger partial charge in [-0.15, -0.1) is 0 Å². The van der Waals surface area contributed by atoms with E-state index in [0.29, 0.717) is 164 Å². The molecule has 4 heterocycles. The number of aromatic nitrogens is 8. The van der Waals surface area contributed by atoms with Crippen LogP contribution < -0.4 is 23.7 Å². The highest BCUT2D eigenvalue weighted by molar-refractivity contribution is 8.13. The molecule has 0 saturated heterocycles. The lowest BCUT2D eigenvalue weighted by Gasteiger charge is -2.14. The fraction of sp³-hybridized carbons (Fsp3) is 0.267. The van der Waals surface area contributed by atoms with Crippen molar-refractivity contribution in [2.24, 2.45) is 0 Å². The van der Waals surface area contributed by atoms with E-state index in [4.69, 9.17) is 71.7 Å². The van der Waals surface area contributed by atoms with Gasteiger partial charge in [-0.3, -0.25) is 9.59 Å². The van der Waals surface area contributed by atoms with Gasteiger partial charge >= 0.3 is 20.4 Å². The number of rotatable bonds is 22. The van der Waals surface area contributed by atoms with Crippen LogP contribution in [0.1, 0.15) is 130 Å². The molecule has 4 aromatic heterocycles. The Balaban J connectivity index is 0.000000173. The van der Waals surface area contributed by atoms with E-state index < -0.39 is 38.7 Å². The Labute approximate surface area is 760 Å². The number of ether oxygens (including phenoxy) is 4. The summed E-state index contributed by atoms with van der Waals surface area (Å²) >= 11 is 0. The predicted octanol–water partition coefficient (Wildman–Crippen LogP) is 19.3. The summed E-state index contributed by atoms with van der Waals surface area (Å²) in [7, 11) is -1.00. The Hall–Kier alpha value is -13.8. The molecule has 16 rings (SSSR count). The third kappa shape index (κ3) is 25.2. The molecule has 4 aliphatic rings. The van der Waals surface area contributed by atoms with Crippen LogP contribution in [0, 0.1) is 26.3 Å². The lowest BCUT2D eigenvalue weighted by molar-refractivity contribution is 0.0986. The zero-order valence-electron chi connectivity index (χ0n) is 71.4. The highest BCUT2D eigenvalue weighted by Crippen LogP contribution is 2.43. The lowest BCUT2D eigenvalue weighted by atomic mass is 10.0. The number of fused-ring (bicyclic) bond motifs is 4. The largest absolute Gasteiger partial charge is 0.502 e. The molecule has 0 unspecified atom stereocenters. The molecule has 0 radical (unpaired) electrons. The molecule has 34 nitrogen and oxygen atoms in total. The first kappa shape index (κ1) is 98.4. The van der Waals surface area contributed by atoms with E-state index in [0.717, 1.165) is 66.9 Å². The van der Waals surface area contributed by atoms with E-state index in [2.05, 4.69) is 81.3 Å². The molecule has 0 atom stereocenters. The summed E-state index contributed by atoms with van der Waals surface area (Å²) in [6, 6.07) is 42.7. The second kappa shape index (κ2) is 42.4. The van der Waals surface area contributed by atoms with Gasteiger partial charge in [-0.25, -0.2) is 32.5 Å². The van der Waals surface area contributed by atoms with Crippen LogP contribution in [0.15, 0.2) is 176 Å². The Morgan fingerprint density at radius 3 is 0.900 bits per heavy atom. The number of ketones is 2. The third-order valence-electron chi connectivity index (χ3n) is 18.6. The van der Waals surface area contributed by atoms with Crippen LogP contribution in [0.25, 0.3) is 122 Å². The standard InChI is InChI=1S/C23H22N4O5S.C22H19N3O5S.2C21H17N3O3.CH4ClNO2S.CH3ClO2S.CH4/c1-14(2)30-21-11-9-15(13-19(21)24-3)23-25-22(26-31-23)18-8-6-7-17-16(18)10-12-20(17)32-33(28,29)27(4)5;1-13(2)28-20-10-8-14(12-18(20)23-3)22-24-21(25-29-22)17-7-5-6-16-15(17)9-11-19(16)30-31(4,26)27;2*1-12(2)26-19-10-7-13(11-17(19)22-3)21-23-20(24-27-21)16-6-4-5-15-14(16)8-9-18(15)25;1-3-6(2,4)5;1-5(2,3)4;/h6-9,11-14H,10H2,1-2,4-5H3;5-8,10-13H,9H2,1-2,4H3;2*4-7,10-12H,8-9H2,1-2H3;3H,1H3;1H3;1H4. The SMILES string of the molecule is C.CNS(=O)(=O)Cl.CS(=O)(=O)Cl.[C-]#[N+]c1cc(-c2nc(-c3cccc4c3CC=C4OS(=O)(=O)N(C)C)no2)ccc1OC(C)C.[C-]#[N+]c1cc(-c2nc(-c3cccc4c3CC=C4OS(C)(=O)=O)no2)ccc1OC(C)C.[C-]#[N+]c1cc(-c2nc(-c3cccc4c3CCC4=O)no2)ccc1OC(C)C.[C-]#[N+]c1cc(-c2nc(-c3cccc4c3CCC4=O)no2)ccc1OC(C)C. The molecule has 40 heteroatoms. The van der Waals surface area contributed by atoms with Gasteiger partial charge in [0.15, 0.2) is 11.6 Å². The smallest absolute Gasteiger partial charge is 0.384 e. The van der Waals surface area contributed by atoms with E-state index in [1.54, 1.807) is 109 Å². The Morgan fingerprint density at radius 1 is 0.400 bits per heavy atom. The number of nitrogens with one attached hydrogen (secondary N) is 1. The summed E-state index contributed by atoms with van der Waals surface area (Å²) in [5, 5.41) is 16.4. The minimum atomic E-state index is -3.87. The van der Waals surface area contributed by atoms with E-state index in [9.17, 15) is 43.3 Å². The molecule has 12 aromatic rings. The van der Waals surface area contributed by atoms with Crippen molar-refractivity contribution in [3.63, 3.8) is 0 Å². The lowest BCUT2D eigenvalue weighted by Crippen LogP contribution is -2.23. The molecule has 0 saturated carbocycles.